The summed E-state index contributed by atoms with van der Waals surface area (Å²) >= 11 is 5.84. The Labute approximate surface area is 141 Å². The second-order valence-corrected chi connectivity index (χ2v) is 7.47. The number of rotatable bonds is 8. The van der Waals surface area contributed by atoms with Crippen LogP contribution in [0, 0.1) is 0 Å². The van der Waals surface area contributed by atoms with Gasteiger partial charge in [0.1, 0.15) is 0 Å². The first-order chi connectivity index (χ1) is 11.0. The number of hydrogen-bond donors (Lipinski definition) is 0. The lowest BCUT2D eigenvalue weighted by molar-refractivity contribution is 0.177. The highest BCUT2D eigenvalue weighted by molar-refractivity contribution is 7.88. The zero-order valence-electron chi connectivity index (χ0n) is 12.9. The maximum atomic E-state index is 12.7. The molecule has 2 rings (SSSR count). The summed E-state index contributed by atoms with van der Waals surface area (Å²) in [6.07, 6.45) is 3.30. The van der Waals surface area contributed by atoms with Gasteiger partial charge in [-0.05, 0) is 35.4 Å². The standard InChI is InChI=1S/C16H19ClN2O3S/c1-22-11-10-19(12-14-6-8-18-9-7-14)23(20,21)13-15-2-4-16(17)5-3-15/h2-9H,10-13H2,1H3. The van der Waals surface area contributed by atoms with Crippen LogP contribution in [0.3, 0.4) is 0 Å². The lowest BCUT2D eigenvalue weighted by atomic mass is 10.2. The van der Waals surface area contributed by atoms with Crippen LogP contribution < -0.4 is 0 Å². The molecule has 124 valence electrons. The molecule has 0 fully saturated rings. The minimum Gasteiger partial charge on any atom is -0.383 e. The molecule has 0 saturated heterocycles. The van der Waals surface area contributed by atoms with Crippen molar-refractivity contribution in [3.8, 4) is 0 Å². The van der Waals surface area contributed by atoms with Gasteiger partial charge >= 0.3 is 0 Å². The average Bonchev–Trinajstić information content (AvgIpc) is 2.54. The van der Waals surface area contributed by atoms with Crippen molar-refractivity contribution in [3.05, 3.63) is 64.9 Å². The summed E-state index contributed by atoms with van der Waals surface area (Å²) in [5.41, 5.74) is 1.59. The highest BCUT2D eigenvalue weighted by Gasteiger charge is 2.22. The first kappa shape index (κ1) is 17.9. The van der Waals surface area contributed by atoms with Gasteiger partial charge in [-0.2, -0.15) is 4.31 Å². The Balaban J connectivity index is 2.16. The second-order valence-electron chi connectivity index (χ2n) is 5.06. The molecule has 1 heterocycles. The number of pyridine rings is 1. The van der Waals surface area contributed by atoms with E-state index < -0.39 is 10.0 Å². The largest absolute Gasteiger partial charge is 0.383 e. The van der Waals surface area contributed by atoms with Gasteiger partial charge in [-0.1, -0.05) is 23.7 Å². The molecule has 0 aliphatic rings. The molecule has 0 saturated carbocycles. The molecule has 1 aromatic carbocycles. The summed E-state index contributed by atoms with van der Waals surface area (Å²) in [7, 11) is -1.92. The lowest BCUT2D eigenvalue weighted by Gasteiger charge is -2.22. The van der Waals surface area contributed by atoms with Crippen molar-refractivity contribution < 1.29 is 13.2 Å². The molecular weight excluding hydrogens is 336 g/mol. The van der Waals surface area contributed by atoms with Gasteiger partial charge in [0.05, 0.1) is 12.4 Å². The van der Waals surface area contributed by atoms with E-state index in [-0.39, 0.29) is 5.75 Å². The van der Waals surface area contributed by atoms with Crippen LogP contribution in [-0.4, -0.2) is 38.0 Å². The van der Waals surface area contributed by atoms with Crippen molar-refractivity contribution in [1.82, 2.24) is 9.29 Å². The Morgan fingerprint density at radius 3 is 2.35 bits per heavy atom. The normalized spacial score (nSPS) is 11.8. The van der Waals surface area contributed by atoms with E-state index in [1.165, 1.54) is 4.31 Å². The minimum atomic E-state index is -3.47. The van der Waals surface area contributed by atoms with Crippen molar-refractivity contribution in [2.24, 2.45) is 0 Å². The molecule has 1 aromatic heterocycles. The Morgan fingerprint density at radius 2 is 1.74 bits per heavy atom. The molecule has 0 amide bonds. The average molecular weight is 355 g/mol. The van der Waals surface area contributed by atoms with E-state index in [0.717, 1.165) is 5.56 Å². The maximum absolute atomic E-state index is 12.7. The van der Waals surface area contributed by atoms with E-state index in [9.17, 15) is 8.42 Å². The summed E-state index contributed by atoms with van der Waals surface area (Å²) in [5.74, 6) is -0.0705. The molecule has 0 unspecified atom stereocenters. The third-order valence-corrected chi connectivity index (χ3v) is 5.36. The van der Waals surface area contributed by atoms with E-state index in [0.29, 0.717) is 30.3 Å². The molecular formula is C16H19ClN2O3S. The number of halogens is 1. The number of aromatic nitrogens is 1. The molecule has 0 radical (unpaired) electrons. The smallest absolute Gasteiger partial charge is 0.218 e. The first-order valence-corrected chi connectivity index (χ1v) is 9.10. The maximum Gasteiger partial charge on any atom is 0.218 e. The van der Waals surface area contributed by atoms with Crippen molar-refractivity contribution in [2.45, 2.75) is 12.3 Å². The molecule has 5 nitrogen and oxygen atoms in total. The van der Waals surface area contributed by atoms with Gasteiger partial charge in [0.25, 0.3) is 0 Å². The Kier molecular flexibility index (Phi) is 6.53. The fraction of sp³-hybridized carbons (Fsp3) is 0.312. The SMILES string of the molecule is COCCN(Cc1ccncc1)S(=O)(=O)Cc1ccc(Cl)cc1. The van der Waals surface area contributed by atoms with Crippen LogP contribution in [0.15, 0.2) is 48.8 Å². The van der Waals surface area contributed by atoms with Gasteiger partial charge in [0.2, 0.25) is 10.0 Å². The second kappa shape index (κ2) is 8.40. The molecule has 0 aliphatic heterocycles. The van der Waals surface area contributed by atoms with Crippen molar-refractivity contribution in [3.63, 3.8) is 0 Å². The van der Waals surface area contributed by atoms with Crippen LogP contribution in [0.25, 0.3) is 0 Å². The third-order valence-electron chi connectivity index (χ3n) is 3.31. The van der Waals surface area contributed by atoms with E-state index in [2.05, 4.69) is 4.98 Å². The topological polar surface area (TPSA) is 59.5 Å². The number of ether oxygens (including phenoxy) is 1. The van der Waals surface area contributed by atoms with Gasteiger partial charge < -0.3 is 4.74 Å². The lowest BCUT2D eigenvalue weighted by Crippen LogP contribution is -2.34. The number of nitrogens with zero attached hydrogens (tertiary/aromatic N) is 2. The Hall–Kier alpha value is -1.47. The zero-order valence-corrected chi connectivity index (χ0v) is 14.4. The number of benzene rings is 1. The number of hydrogen-bond acceptors (Lipinski definition) is 4. The van der Waals surface area contributed by atoms with Crippen molar-refractivity contribution >= 4 is 21.6 Å². The molecule has 0 spiro atoms. The van der Waals surface area contributed by atoms with Crippen LogP contribution in [0.5, 0.6) is 0 Å². The Bertz CT molecular complexity index is 706. The zero-order chi connectivity index (χ0) is 16.7. The van der Waals surface area contributed by atoms with Gasteiger partial charge in [-0.15, -0.1) is 0 Å². The van der Waals surface area contributed by atoms with E-state index in [1.54, 1.807) is 55.9 Å². The Morgan fingerprint density at radius 1 is 1.09 bits per heavy atom. The van der Waals surface area contributed by atoms with Crippen LogP contribution in [0.2, 0.25) is 5.02 Å². The van der Waals surface area contributed by atoms with Gasteiger partial charge in [0, 0.05) is 37.6 Å². The van der Waals surface area contributed by atoms with Gasteiger partial charge in [-0.3, -0.25) is 4.98 Å². The van der Waals surface area contributed by atoms with Crippen molar-refractivity contribution in [2.75, 3.05) is 20.3 Å². The molecule has 7 heteroatoms. The highest BCUT2D eigenvalue weighted by atomic mass is 35.5. The molecule has 0 bridgehead atoms. The predicted molar refractivity (Wildman–Crippen MR) is 90.6 cm³/mol. The summed E-state index contributed by atoms with van der Waals surface area (Å²) in [4.78, 5) is 3.95. The van der Waals surface area contributed by atoms with E-state index in [1.807, 2.05) is 0 Å². The summed E-state index contributed by atoms with van der Waals surface area (Å²) in [6, 6.07) is 10.4. The van der Waals surface area contributed by atoms with Crippen LogP contribution in [0.1, 0.15) is 11.1 Å². The fourth-order valence-electron chi connectivity index (χ4n) is 2.08. The fourth-order valence-corrected chi connectivity index (χ4v) is 3.70. The first-order valence-electron chi connectivity index (χ1n) is 7.11. The molecule has 0 atom stereocenters. The molecule has 2 aromatic rings. The number of sulfonamides is 1. The summed E-state index contributed by atoms with van der Waals surface area (Å²) in [5, 5.41) is 0.583. The third kappa shape index (κ3) is 5.58. The monoisotopic (exact) mass is 354 g/mol. The molecule has 0 N–H and O–H groups in total. The van der Waals surface area contributed by atoms with Crippen molar-refractivity contribution in [1.29, 1.82) is 0 Å². The van der Waals surface area contributed by atoms with Gasteiger partial charge in [0.15, 0.2) is 0 Å². The van der Waals surface area contributed by atoms with E-state index >= 15 is 0 Å². The van der Waals surface area contributed by atoms with Crippen LogP contribution >= 0.6 is 11.6 Å². The molecule has 0 aliphatic carbocycles. The van der Waals surface area contributed by atoms with Gasteiger partial charge in [-0.25, -0.2) is 8.42 Å². The summed E-state index contributed by atoms with van der Waals surface area (Å²) < 4.78 is 31.9. The highest BCUT2D eigenvalue weighted by Crippen LogP contribution is 2.16. The summed E-state index contributed by atoms with van der Waals surface area (Å²) in [6.45, 7) is 0.932. The minimum absolute atomic E-state index is 0.0705. The number of methoxy groups -OCH3 is 1. The predicted octanol–water partition coefficient (Wildman–Crippen LogP) is 2.71. The molecule has 23 heavy (non-hydrogen) atoms. The van der Waals surface area contributed by atoms with E-state index in [4.69, 9.17) is 16.3 Å². The van der Waals surface area contributed by atoms with Crippen LogP contribution in [0.4, 0.5) is 0 Å². The van der Waals surface area contributed by atoms with Crippen LogP contribution in [-0.2, 0) is 27.1 Å². The quantitative estimate of drug-likeness (QED) is 0.731.